The number of benzene rings is 1. The first-order valence-corrected chi connectivity index (χ1v) is 10.7. The molecule has 0 aliphatic carbocycles. The highest BCUT2D eigenvalue weighted by Gasteiger charge is 2.26. The third-order valence-electron chi connectivity index (χ3n) is 4.66. The van der Waals surface area contributed by atoms with Gasteiger partial charge in [0.2, 0.25) is 11.9 Å². The van der Waals surface area contributed by atoms with Crippen molar-refractivity contribution in [2.45, 2.75) is 56.5 Å². The lowest BCUT2D eigenvalue weighted by atomic mass is 10.1. The number of methoxy groups -OCH3 is 1. The maximum atomic E-state index is 12.4. The molecule has 1 saturated heterocycles. The number of para-hydroxylation sites is 2. The Morgan fingerprint density at radius 3 is 2.54 bits per heavy atom. The Balaban J connectivity index is 1.98. The summed E-state index contributed by atoms with van der Waals surface area (Å²) in [5, 5.41) is 12.3. The average Bonchev–Trinajstić information content (AvgIpc) is 3.11. The molecule has 0 saturated carbocycles. The predicted molar refractivity (Wildman–Crippen MR) is 113 cm³/mol. The number of nitrogens with one attached hydrogen (secondary N) is 1. The third-order valence-corrected chi connectivity index (χ3v) is 5.71. The van der Waals surface area contributed by atoms with E-state index in [1.54, 1.807) is 7.11 Å². The number of anilines is 1. The van der Waals surface area contributed by atoms with Crippen molar-refractivity contribution in [3.63, 3.8) is 0 Å². The Bertz CT molecular complexity index is 802. The summed E-state index contributed by atoms with van der Waals surface area (Å²) in [5.41, 5.74) is 0.884. The van der Waals surface area contributed by atoms with Crippen LogP contribution in [0.15, 0.2) is 29.4 Å². The molecule has 1 amide bonds. The van der Waals surface area contributed by atoms with Crippen LogP contribution < -0.4 is 15.0 Å². The molecule has 0 spiro atoms. The summed E-state index contributed by atoms with van der Waals surface area (Å²) in [4.78, 5) is 14.7. The highest BCUT2D eigenvalue weighted by atomic mass is 32.2. The molecule has 2 aromatic rings. The normalized spacial score (nSPS) is 15.5. The quantitative estimate of drug-likeness (QED) is 0.716. The number of aromatic nitrogens is 3. The number of thioether (sulfide) groups is 1. The van der Waals surface area contributed by atoms with Gasteiger partial charge in [0.15, 0.2) is 5.16 Å². The fourth-order valence-corrected chi connectivity index (χ4v) is 4.14. The fourth-order valence-electron chi connectivity index (χ4n) is 3.28. The van der Waals surface area contributed by atoms with Crippen molar-refractivity contribution in [3.8, 4) is 11.4 Å². The maximum Gasteiger partial charge on any atom is 0.233 e. The summed E-state index contributed by atoms with van der Waals surface area (Å²) in [6, 6.07) is 7.95. The second-order valence-electron chi connectivity index (χ2n) is 7.26. The first-order chi connectivity index (χ1) is 13.5. The van der Waals surface area contributed by atoms with E-state index in [4.69, 9.17) is 4.74 Å². The number of hydrogen-bond acceptors (Lipinski definition) is 6. The SMILES string of the molecule is COc1ccccc1-n1c(S[C@H](C)C(=O)NC(C)C)nnc1N1CCCCC1. The van der Waals surface area contributed by atoms with Crippen LogP contribution in [-0.4, -0.2) is 52.2 Å². The van der Waals surface area contributed by atoms with Crippen LogP contribution >= 0.6 is 11.8 Å². The molecule has 1 N–H and O–H groups in total. The zero-order chi connectivity index (χ0) is 20.1. The lowest BCUT2D eigenvalue weighted by molar-refractivity contribution is -0.120. The lowest BCUT2D eigenvalue weighted by Crippen LogP contribution is -2.36. The van der Waals surface area contributed by atoms with Gasteiger partial charge in [-0.3, -0.25) is 9.36 Å². The molecule has 1 aliphatic heterocycles. The molecule has 2 heterocycles. The fraction of sp³-hybridized carbons (Fsp3) is 0.550. The standard InChI is InChI=1S/C20H29N5O2S/c1-14(2)21-18(26)15(3)28-20-23-22-19(24-12-8-5-9-13-24)25(20)16-10-6-7-11-17(16)27-4/h6-7,10-11,14-15H,5,8-9,12-13H2,1-4H3,(H,21,26)/t15-/m1/s1. The highest BCUT2D eigenvalue weighted by Crippen LogP contribution is 2.34. The van der Waals surface area contributed by atoms with Crippen molar-refractivity contribution >= 4 is 23.6 Å². The van der Waals surface area contributed by atoms with Crippen LogP contribution in [0.4, 0.5) is 5.95 Å². The molecule has 1 aliphatic rings. The van der Waals surface area contributed by atoms with Crippen molar-refractivity contribution in [1.82, 2.24) is 20.1 Å². The summed E-state index contributed by atoms with van der Waals surface area (Å²) < 4.78 is 7.61. The van der Waals surface area contributed by atoms with Gasteiger partial charge in [0.25, 0.3) is 0 Å². The highest BCUT2D eigenvalue weighted by molar-refractivity contribution is 8.00. The molecule has 3 rings (SSSR count). The molecule has 7 nitrogen and oxygen atoms in total. The van der Waals surface area contributed by atoms with E-state index in [1.165, 1.54) is 18.2 Å². The van der Waals surface area contributed by atoms with Crippen LogP contribution in [-0.2, 0) is 4.79 Å². The number of piperidine rings is 1. The predicted octanol–water partition coefficient (Wildman–Crippen LogP) is 3.27. The van der Waals surface area contributed by atoms with Crippen molar-refractivity contribution in [3.05, 3.63) is 24.3 Å². The molecule has 0 radical (unpaired) electrons. The molecule has 0 bridgehead atoms. The Hall–Kier alpha value is -2.22. The van der Waals surface area contributed by atoms with Gasteiger partial charge in [-0.25, -0.2) is 0 Å². The number of amides is 1. The molecule has 1 fully saturated rings. The smallest absolute Gasteiger partial charge is 0.233 e. The lowest BCUT2D eigenvalue weighted by Gasteiger charge is -2.28. The third kappa shape index (κ3) is 4.60. The topological polar surface area (TPSA) is 72.3 Å². The van der Waals surface area contributed by atoms with Crippen LogP contribution in [0.2, 0.25) is 0 Å². The second kappa shape index (κ2) is 9.32. The number of nitrogens with zero attached hydrogens (tertiary/aromatic N) is 4. The largest absolute Gasteiger partial charge is 0.495 e. The van der Waals surface area contributed by atoms with Gasteiger partial charge in [0, 0.05) is 19.1 Å². The van der Waals surface area contributed by atoms with E-state index >= 15 is 0 Å². The van der Waals surface area contributed by atoms with E-state index < -0.39 is 0 Å². The number of carbonyl (C=O) groups excluding carboxylic acids is 1. The second-order valence-corrected chi connectivity index (χ2v) is 8.57. The van der Waals surface area contributed by atoms with Gasteiger partial charge in [-0.05, 0) is 52.2 Å². The molecular weight excluding hydrogens is 374 g/mol. The number of rotatable bonds is 7. The van der Waals surface area contributed by atoms with E-state index in [0.29, 0.717) is 5.16 Å². The van der Waals surface area contributed by atoms with Crippen molar-refractivity contribution < 1.29 is 9.53 Å². The zero-order valence-corrected chi connectivity index (χ0v) is 17.8. The van der Waals surface area contributed by atoms with E-state index in [1.807, 2.05) is 49.6 Å². The monoisotopic (exact) mass is 403 g/mol. The minimum Gasteiger partial charge on any atom is -0.495 e. The Morgan fingerprint density at radius 2 is 1.86 bits per heavy atom. The van der Waals surface area contributed by atoms with Crippen LogP contribution in [0.3, 0.4) is 0 Å². The molecule has 0 unspecified atom stereocenters. The van der Waals surface area contributed by atoms with Gasteiger partial charge in [-0.15, -0.1) is 10.2 Å². The molecule has 28 heavy (non-hydrogen) atoms. The molecule has 8 heteroatoms. The number of carbonyl (C=O) groups is 1. The summed E-state index contributed by atoms with van der Waals surface area (Å²) in [6.45, 7) is 7.73. The number of ether oxygens (including phenoxy) is 1. The van der Waals surface area contributed by atoms with E-state index in [0.717, 1.165) is 43.3 Å². The van der Waals surface area contributed by atoms with Gasteiger partial charge in [-0.2, -0.15) is 0 Å². The Kier molecular flexibility index (Phi) is 6.83. The van der Waals surface area contributed by atoms with Gasteiger partial charge < -0.3 is 15.0 Å². The van der Waals surface area contributed by atoms with Crippen LogP contribution in [0.1, 0.15) is 40.0 Å². The van der Waals surface area contributed by atoms with E-state index in [9.17, 15) is 4.79 Å². The first kappa shape index (κ1) is 20.5. The number of hydrogen-bond donors (Lipinski definition) is 1. The average molecular weight is 404 g/mol. The molecule has 1 aromatic carbocycles. The summed E-state index contributed by atoms with van der Waals surface area (Å²) in [5.74, 6) is 1.55. The van der Waals surface area contributed by atoms with Crippen molar-refractivity contribution in [2.75, 3.05) is 25.1 Å². The van der Waals surface area contributed by atoms with Gasteiger partial charge in [0.1, 0.15) is 5.75 Å². The zero-order valence-electron chi connectivity index (χ0n) is 17.0. The summed E-state index contributed by atoms with van der Waals surface area (Å²) in [6.07, 6.45) is 3.54. The molecule has 1 atom stereocenters. The summed E-state index contributed by atoms with van der Waals surface area (Å²) in [7, 11) is 1.66. The van der Waals surface area contributed by atoms with E-state index in [-0.39, 0.29) is 17.2 Å². The van der Waals surface area contributed by atoms with Gasteiger partial charge >= 0.3 is 0 Å². The van der Waals surface area contributed by atoms with Crippen LogP contribution in [0.25, 0.3) is 5.69 Å². The Labute approximate surface area is 170 Å². The maximum absolute atomic E-state index is 12.4. The van der Waals surface area contributed by atoms with E-state index in [2.05, 4.69) is 20.4 Å². The van der Waals surface area contributed by atoms with Gasteiger partial charge in [-0.1, -0.05) is 23.9 Å². The van der Waals surface area contributed by atoms with Crippen molar-refractivity contribution in [1.29, 1.82) is 0 Å². The minimum absolute atomic E-state index is 0.00546. The molecule has 152 valence electrons. The summed E-state index contributed by atoms with van der Waals surface area (Å²) >= 11 is 1.41. The molecular formula is C20H29N5O2S. The van der Waals surface area contributed by atoms with Gasteiger partial charge in [0.05, 0.1) is 18.0 Å². The Morgan fingerprint density at radius 1 is 1.14 bits per heavy atom. The van der Waals surface area contributed by atoms with Crippen LogP contribution in [0, 0.1) is 0 Å². The minimum atomic E-state index is -0.283. The van der Waals surface area contributed by atoms with Crippen LogP contribution in [0.5, 0.6) is 5.75 Å². The first-order valence-electron chi connectivity index (χ1n) is 9.82. The molecule has 1 aromatic heterocycles. The van der Waals surface area contributed by atoms with Crippen molar-refractivity contribution in [2.24, 2.45) is 0 Å².